The molecule has 8 heteroatoms. The second-order valence-electron chi connectivity index (χ2n) is 7.63. The molecule has 8 nitrogen and oxygen atoms in total. The molecule has 0 fully saturated rings. The number of nitrogens with zero attached hydrogens (tertiary/aromatic N) is 5. The van der Waals surface area contributed by atoms with Crippen molar-refractivity contribution in [3.63, 3.8) is 0 Å². The summed E-state index contributed by atoms with van der Waals surface area (Å²) in [6.45, 7) is 2.00. The number of nitrogens with one attached hydrogen (secondary N) is 1. The van der Waals surface area contributed by atoms with E-state index in [1.54, 1.807) is 42.6 Å². The summed E-state index contributed by atoms with van der Waals surface area (Å²) in [5.41, 5.74) is 2.85. The van der Waals surface area contributed by atoms with Crippen LogP contribution in [0.25, 0.3) is 11.1 Å². The maximum atomic E-state index is 12.7. The molecule has 0 aromatic carbocycles. The highest BCUT2D eigenvalue weighted by molar-refractivity contribution is 5.86. The van der Waals surface area contributed by atoms with E-state index in [0.717, 1.165) is 28.9 Å². The van der Waals surface area contributed by atoms with Crippen LogP contribution in [0.2, 0.25) is 0 Å². The molecule has 158 valence electrons. The Balaban J connectivity index is 2.11. The van der Waals surface area contributed by atoms with Gasteiger partial charge in [-0.15, -0.1) is 0 Å². The van der Waals surface area contributed by atoms with E-state index in [0.29, 0.717) is 24.3 Å². The van der Waals surface area contributed by atoms with E-state index in [2.05, 4.69) is 15.3 Å². The molecule has 0 spiro atoms. The lowest BCUT2D eigenvalue weighted by atomic mass is 9.96. The van der Waals surface area contributed by atoms with Crippen LogP contribution in [0.3, 0.4) is 0 Å². The lowest BCUT2D eigenvalue weighted by Gasteiger charge is -2.20. The van der Waals surface area contributed by atoms with Crippen molar-refractivity contribution in [2.24, 2.45) is 14.1 Å². The van der Waals surface area contributed by atoms with Crippen LogP contribution in [0, 0.1) is 0 Å². The second-order valence-corrected chi connectivity index (χ2v) is 7.63. The molecule has 3 heterocycles. The number of carbonyl (C=O) groups is 1. The SMILES string of the molecule is CCCC(=O)Cc1c(-c2cc(Nc3cn(C)cn3)c(=O)n(C)c2)ccnc1N(C)C. The Morgan fingerprint density at radius 2 is 1.97 bits per heavy atom. The van der Waals surface area contributed by atoms with E-state index in [1.165, 1.54) is 4.57 Å². The van der Waals surface area contributed by atoms with E-state index < -0.39 is 0 Å². The predicted molar refractivity (Wildman–Crippen MR) is 119 cm³/mol. The number of aryl methyl sites for hydroxylation is 2. The summed E-state index contributed by atoms with van der Waals surface area (Å²) in [5, 5.41) is 3.10. The quantitative estimate of drug-likeness (QED) is 0.617. The maximum Gasteiger partial charge on any atom is 0.274 e. The Bertz CT molecular complexity index is 1110. The average molecular weight is 409 g/mol. The zero-order valence-electron chi connectivity index (χ0n) is 18.1. The third-order valence-electron chi connectivity index (χ3n) is 4.82. The van der Waals surface area contributed by atoms with Crippen molar-refractivity contribution in [3.8, 4) is 11.1 Å². The van der Waals surface area contributed by atoms with Crippen molar-refractivity contribution < 1.29 is 4.79 Å². The molecule has 0 aliphatic rings. The molecule has 3 rings (SSSR count). The first-order chi connectivity index (χ1) is 14.3. The van der Waals surface area contributed by atoms with Gasteiger partial charge in [0.05, 0.1) is 6.33 Å². The molecular formula is C22H28N6O2. The Kier molecular flexibility index (Phi) is 6.34. The largest absolute Gasteiger partial charge is 0.362 e. The van der Waals surface area contributed by atoms with Crippen LogP contribution in [-0.4, -0.2) is 39.0 Å². The van der Waals surface area contributed by atoms with Gasteiger partial charge >= 0.3 is 0 Å². The van der Waals surface area contributed by atoms with Crippen molar-refractivity contribution in [3.05, 3.63) is 53.0 Å². The minimum Gasteiger partial charge on any atom is -0.362 e. The molecule has 0 unspecified atom stereocenters. The van der Waals surface area contributed by atoms with E-state index in [4.69, 9.17) is 0 Å². The summed E-state index contributed by atoms with van der Waals surface area (Å²) < 4.78 is 3.34. The van der Waals surface area contributed by atoms with Crippen molar-refractivity contribution in [2.75, 3.05) is 24.3 Å². The lowest BCUT2D eigenvalue weighted by molar-refractivity contribution is -0.118. The van der Waals surface area contributed by atoms with Gasteiger partial charge in [0.25, 0.3) is 5.56 Å². The van der Waals surface area contributed by atoms with Gasteiger partial charge in [0, 0.05) is 70.7 Å². The average Bonchev–Trinajstić information content (AvgIpc) is 3.10. The van der Waals surface area contributed by atoms with Crippen LogP contribution in [0.1, 0.15) is 25.3 Å². The molecule has 0 bridgehead atoms. The van der Waals surface area contributed by atoms with Crippen LogP contribution in [0.5, 0.6) is 0 Å². The third kappa shape index (κ3) is 4.59. The van der Waals surface area contributed by atoms with Gasteiger partial charge in [-0.3, -0.25) is 9.59 Å². The summed E-state index contributed by atoms with van der Waals surface area (Å²) in [5.74, 6) is 1.52. The van der Waals surface area contributed by atoms with Crippen LogP contribution in [0.15, 0.2) is 41.8 Å². The van der Waals surface area contributed by atoms with E-state index in [9.17, 15) is 9.59 Å². The highest BCUT2D eigenvalue weighted by atomic mass is 16.1. The smallest absolute Gasteiger partial charge is 0.274 e. The molecule has 0 radical (unpaired) electrons. The van der Waals surface area contributed by atoms with E-state index in [1.807, 2.05) is 39.0 Å². The normalized spacial score (nSPS) is 10.8. The first-order valence-corrected chi connectivity index (χ1v) is 9.93. The van der Waals surface area contributed by atoms with Gasteiger partial charge in [-0.2, -0.15) is 0 Å². The van der Waals surface area contributed by atoms with E-state index >= 15 is 0 Å². The van der Waals surface area contributed by atoms with Crippen molar-refractivity contribution in [1.29, 1.82) is 0 Å². The first-order valence-electron chi connectivity index (χ1n) is 9.93. The number of hydrogen-bond acceptors (Lipinski definition) is 6. The van der Waals surface area contributed by atoms with Crippen LogP contribution in [-0.2, 0) is 25.3 Å². The Morgan fingerprint density at radius 1 is 1.20 bits per heavy atom. The molecule has 3 aromatic rings. The predicted octanol–water partition coefficient (Wildman–Crippen LogP) is 2.90. The summed E-state index contributed by atoms with van der Waals surface area (Å²) in [6, 6.07) is 3.70. The zero-order chi connectivity index (χ0) is 21.8. The molecule has 30 heavy (non-hydrogen) atoms. The van der Waals surface area contributed by atoms with Gasteiger partial charge in [-0.05, 0) is 24.1 Å². The molecule has 0 saturated carbocycles. The number of imidazole rings is 1. The standard InChI is InChI=1S/C22H28N6O2/c1-6-7-16(29)11-18-17(8-9-23-21(18)26(2)3)15-10-19(22(30)28(5)12-15)25-20-13-27(4)14-24-20/h8-10,12-14,25H,6-7,11H2,1-5H3. The van der Waals surface area contributed by atoms with Crippen LogP contribution >= 0.6 is 0 Å². The number of pyridine rings is 2. The monoisotopic (exact) mass is 408 g/mol. The Morgan fingerprint density at radius 3 is 2.60 bits per heavy atom. The van der Waals surface area contributed by atoms with Crippen molar-refractivity contribution in [2.45, 2.75) is 26.2 Å². The summed E-state index contributed by atoms with van der Waals surface area (Å²) >= 11 is 0. The first kappa shape index (κ1) is 21.3. The summed E-state index contributed by atoms with van der Waals surface area (Å²) in [7, 11) is 7.40. The van der Waals surface area contributed by atoms with Gasteiger partial charge in [0.1, 0.15) is 23.1 Å². The highest BCUT2D eigenvalue weighted by Crippen LogP contribution is 2.31. The zero-order valence-corrected chi connectivity index (χ0v) is 18.1. The molecular weight excluding hydrogens is 380 g/mol. The fourth-order valence-electron chi connectivity index (χ4n) is 3.44. The molecule has 3 aromatic heterocycles. The third-order valence-corrected chi connectivity index (χ3v) is 4.82. The number of carbonyl (C=O) groups excluding carboxylic acids is 1. The number of aromatic nitrogens is 4. The van der Waals surface area contributed by atoms with Gasteiger partial charge in [0.15, 0.2) is 0 Å². The lowest BCUT2D eigenvalue weighted by Crippen LogP contribution is -2.20. The Labute approximate surface area is 176 Å². The molecule has 1 N–H and O–H groups in total. The van der Waals surface area contributed by atoms with Crippen molar-refractivity contribution in [1.82, 2.24) is 19.1 Å². The minimum absolute atomic E-state index is 0.157. The molecule has 0 aliphatic carbocycles. The van der Waals surface area contributed by atoms with E-state index in [-0.39, 0.29) is 11.3 Å². The number of Topliss-reactive ketones (excluding diaryl/α,β-unsaturated/α-hetero) is 1. The van der Waals surface area contributed by atoms with Gasteiger partial charge in [0.2, 0.25) is 0 Å². The maximum absolute atomic E-state index is 12.7. The highest BCUT2D eigenvalue weighted by Gasteiger charge is 2.18. The van der Waals surface area contributed by atoms with Crippen molar-refractivity contribution >= 4 is 23.1 Å². The number of rotatable bonds is 8. The molecule has 0 atom stereocenters. The molecule has 0 saturated heterocycles. The molecule has 0 aliphatic heterocycles. The van der Waals surface area contributed by atoms with Gasteiger partial charge in [-0.1, -0.05) is 6.92 Å². The van der Waals surface area contributed by atoms with Gasteiger partial charge < -0.3 is 19.4 Å². The minimum atomic E-state index is -0.157. The molecule has 0 amide bonds. The number of ketones is 1. The number of anilines is 3. The topological polar surface area (TPSA) is 85.0 Å². The summed E-state index contributed by atoms with van der Waals surface area (Å²) in [4.78, 5) is 35.8. The van der Waals surface area contributed by atoms with Gasteiger partial charge in [-0.25, -0.2) is 9.97 Å². The fourth-order valence-corrected chi connectivity index (χ4v) is 3.44. The van der Waals surface area contributed by atoms with Crippen LogP contribution in [0.4, 0.5) is 17.3 Å². The fraction of sp³-hybridized carbons (Fsp3) is 0.364. The Hall–Kier alpha value is -3.42. The second kappa shape index (κ2) is 8.94. The number of hydrogen-bond donors (Lipinski definition) is 1. The van der Waals surface area contributed by atoms with Crippen LogP contribution < -0.4 is 15.8 Å². The summed E-state index contributed by atoms with van der Waals surface area (Å²) in [6.07, 6.45) is 8.63.